The second-order valence-corrected chi connectivity index (χ2v) is 12.9. The van der Waals surface area contributed by atoms with Crippen LogP contribution in [0.2, 0.25) is 0 Å². The van der Waals surface area contributed by atoms with Crippen LogP contribution in [0.1, 0.15) is 85.0 Å². The van der Waals surface area contributed by atoms with E-state index in [2.05, 4.69) is 76.8 Å². The van der Waals surface area contributed by atoms with E-state index in [1.807, 2.05) is 17.4 Å². The number of hydrogen-bond donors (Lipinski definition) is 1. The SMILES string of the molecule is CN1CCC(c2csc(Cc3ccccc3)n2)CC1.O=C(O)[C@@H](C1CCCCC1)N1CC[C@@H](c2ccccc2)C1. The molecule has 3 aromatic rings. The van der Waals surface area contributed by atoms with Gasteiger partial charge in [0.05, 0.1) is 10.7 Å². The molecule has 3 fully saturated rings. The molecule has 1 aromatic heterocycles. The molecule has 0 bridgehead atoms. The molecule has 2 aromatic carbocycles. The Morgan fingerprint density at radius 3 is 2.23 bits per heavy atom. The second kappa shape index (κ2) is 14.4. The van der Waals surface area contributed by atoms with Crippen LogP contribution >= 0.6 is 11.3 Å². The van der Waals surface area contributed by atoms with Crippen molar-refractivity contribution in [3.63, 3.8) is 0 Å². The molecule has 0 spiro atoms. The van der Waals surface area contributed by atoms with Crippen molar-refractivity contribution < 1.29 is 9.90 Å². The summed E-state index contributed by atoms with van der Waals surface area (Å²) in [5, 5.41) is 13.2. The van der Waals surface area contributed by atoms with Crippen molar-refractivity contribution in [1.29, 1.82) is 0 Å². The van der Waals surface area contributed by atoms with Crippen molar-refractivity contribution in [2.75, 3.05) is 33.2 Å². The number of piperidine rings is 1. The van der Waals surface area contributed by atoms with Crippen LogP contribution in [0.4, 0.5) is 0 Å². The lowest BCUT2D eigenvalue weighted by Crippen LogP contribution is -2.45. The lowest BCUT2D eigenvalue weighted by Gasteiger charge is -2.33. The van der Waals surface area contributed by atoms with Gasteiger partial charge in [0.25, 0.3) is 0 Å². The van der Waals surface area contributed by atoms with Gasteiger partial charge in [-0.25, -0.2) is 4.98 Å². The van der Waals surface area contributed by atoms with E-state index in [4.69, 9.17) is 4.98 Å². The smallest absolute Gasteiger partial charge is 0.321 e. The summed E-state index contributed by atoms with van der Waals surface area (Å²) in [4.78, 5) is 21.3. The first kappa shape index (κ1) is 29.0. The van der Waals surface area contributed by atoms with E-state index >= 15 is 0 Å². The van der Waals surface area contributed by atoms with Crippen molar-refractivity contribution >= 4 is 17.3 Å². The molecule has 2 saturated heterocycles. The van der Waals surface area contributed by atoms with Gasteiger partial charge in [-0.05, 0) is 81.7 Å². The van der Waals surface area contributed by atoms with E-state index < -0.39 is 5.97 Å². The highest BCUT2D eigenvalue weighted by atomic mass is 32.1. The number of nitrogens with zero attached hydrogens (tertiary/aromatic N) is 3. The standard InChI is InChI=1S/C18H25NO2.C16H20N2S/c20-18(21)17(15-9-5-2-6-10-15)19-12-11-16(13-19)14-7-3-1-4-8-14;1-18-9-7-14(8-10-18)15-12-19-16(17-15)11-13-5-3-2-4-6-13/h1,3-4,7-8,15-17H,2,5-6,9-13H2,(H,20,21);2-6,12,14H,7-11H2,1H3/t16-,17-;/m1./s1. The Morgan fingerprint density at radius 2 is 1.55 bits per heavy atom. The van der Waals surface area contributed by atoms with Gasteiger partial charge in [-0.15, -0.1) is 11.3 Å². The first-order valence-electron chi connectivity index (χ1n) is 15.3. The third kappa shape index (κ3) is 7.80. The third-order valence-corrected chi connectivity index (χ3v) is 10.0. The van der Waals surface area contributed by atoms with Gasteiger partial charge >= 0.3 is 5.97 Å². The molecule has 3 heterocycles. The van der Waals surface area contributed by atoms with Crippen LogP contribution in [0, 0.1) is 5.92 Å². The molecule has 1 aliphatic carbocycles. The van der Waals surface area contributed by atoms with E-state index in [1.165, 1.54) is 67.0 Å². The highest BCUT2D eigenvalue weighted by Crippen LogP contribution is 2.35. The van der Waals surface area contributed by atoms with Crippen LogP contribution in [0.25, 0.3) is 0 Å². The van der Waals surface area contributed by atoms with Gasteiger partial charge in [0.15, 0.2) is 0 Å². The molecule has 6 rings (SSSR count). The van der Waals surface area contributed by atoms with Gasteiger partial charge in [0, 0.05) is 24.3 Å². The largest absolute Gasteiger partial charge is 0.480 e. The molecule has 2 aliphatic heterocycles. The van der Waals surface area contributed by atoms with Crippen LogP contribution in [0.15, 0.2) is 66.0 Å². The first-order valence-corrected chi connectivity index (χ1v) is 16.1. The Balaban J connectivity index is 0.000000162. The van der Waals surface area contributed by atoms with Gasteiger partial charge in [0.2, 0.25) is 0 Å². The van der Waals surface area contributed by atoms with Gasteiger partial charge in [-0.3, -0.25) is 9.69 Å². The molecule has 6 heteroatoms. The molecule has 40 heavy (non-hydrogen) atoms. The minimum absolute atomic E-state index is 0.265. The number of carbonyl (C=O) groups is 1. The van der Waals surface area contributed by atoms with Crippen molar-refractivity contribution in [2.24, 2.45) is 5.92 Å². The lowest BCUT2D eigenvalue weighted by atomic mass is 9.83. The number of hydrogen-bond acceptors (Lipinski definition) is 5. The number of carboxylic acid groups (broad SMARTS) is 1. The van der Waals surface area contributed by atoms with Crippen molar-refractivity contribution in [3.8, 4) is 0 Å². The predicted molar refractivity (Wildman–Crippen MR) is 164 cm³/mol. The summed E-state index contributed by atoms with van der Waals surface area (Å²) < 4.78 is 0. The lowest BCUT2D eigenvalue weighted by molar-refractivity contribution is -0.145. The maximum atomic E-state index is 11.8. The van der Waals surface area contributed by atoms with Crippen LogP contribution < -0.4 is 0 Å². The summed E-state index contributed by atoms with van der Waals surface area (Å²) in [5.41, 5.74) is 4.03. The number of benzene rings is 2. The highest BCUT2D eigenvalue weighted by molar-refractivity contribution is 7.09. The van der Waals surface area contributed by atoms with Gasteiger partial charge in [0.1, 0.15) is 6.04 Å². The van der Waals surface area contributed by atoms with Crippen molar-refractivity contribution in [1.82, 2.24) is 14.8 Å². The molecule has 0 radical (unpaired) electrons. The number of thiazole rings is 1. The van der Waals surface area contributed by atoms with E-state index in [0.29, 0.717) is 17.8 Å². The normalized spacial score (nSPS) is 22.0. The molecule has 3 aliphatic rings. The average Bonchev–Trinajstić information content (AvgIpc) is 3.66. The van der Waals surface area contributed by atoms with Crippen LogP contribution in [-0.4, -0.2) is 65.1 Å². The van der Waals surface area contributed by atoms with Crippen LogP contribution in [-0.2, 0) is 11.2 Å². The second-order valence-electron chi connectivity index (χ2n) is 12.0. The number of aliphatic carboxylic acids is 1. The van der Waals surface area contributed by atoms with Crippen LogP contribution in [0.5, 0.6) is 0 Å². The molecule has 0 amide bonds. The quantitative estimate of drug-likeness (QED) is 0.336. The third-order valence-electron chi connectivity index (χ3n) is 9.14. The number of rotatable bonds is 7. The fraction of sp³-hybridized carbons (Fsp3) is 0.529. The predicted octanol–water partition coefficient (Wildman–Crippen LogP) is 7.05. The minimum Gasteiger partial charge on any atom is -0.480 e. The molecule has 1 N–H and O–H groups in total. The zero-order valence-corrected chi connectivity index (χ0v) is 24.8. The summed E-state index contributed by atoms with van der Waals surface area (Å²) in [5.74, 6) is 0.912. The van der Waals surface area contributed by atoms with Gasteiger partial charge in [-0.2, -0.15) is 0 Å². The Bertz CT molecular complexity index is 1170. The summed E-state index contributed by atoms with van der Waals surface area (Å²) in [6.07, 6.45) is 10.4. The molecule has 0 unspecified atom stereocenters. The summed E-state index contributed by atoms with van der Waals surface area (Å²) in [7, 11) is 2.21. The fourth-order valence-electron chi connectivity index (χ4n) is 6.81. The van der Waals surface area contributed by atoms with Gasteiger partial charge in [-0.1, -0.05) is 79.9 Å². The molecule has 5 nitrogen and oxygen atoms in total. The maximum Gasteiger partial charge on any atom is 0.321 e. The summed E-state index contributed by atoms with van der Waals surface area (Å²) in [6, 6.07) is 20.9. The van der Waals surface area contributed by atoms with Crippen molar-refractivity contribution in [2.45, 2.75) is 75.7 Å². The monoisotopic (exact) mass is 559 g/mol. The van der Waals surface area contributed by atoms with Crippen LogP contribution in [0.3, 0.4) is 0 Å². The molecule has 214 valence electrons. The number of likely N-dealkylation sites (tertiary alicyclic amines) is 2. The Labute approximate surface area is 244 Å². The van der Waals surface area contributed by atoms with E-state index in [-0.39, 0.29) is 6.04 Å². The molecular formula is C34H45N3O2S. The Kier molecular flexibility index (Phi) is 10.4. The zero-order chi connectivity index (χ0) is 27.7. The van der Waals surface area contributed by atoms with E-state index in [0.717, 1.165) is 38.8 Å². The van der Waals surface area contributed by atoms with Gasteiger partial charge < -0.3 is 10.0 Å². The van der Waals surface area contributed by atoms with Crippen molar-refractivity contribution in [3.05, 3.63) is 87.9 Å². The number of carboxylic acids is 1. The fourth-order valence-corrected chi connectivity index (χ4v) is 7.72. The topological polar surface area (TPSA) is 56.7 Å². The average molecular weight is 560 g/mol. The summed E-state index contributed by atoms with van der Waals surface area (Å²) in [6.45, 7) is 4.23. The molecular weight excluding hydrogens is 514 g/mol. The zero-order valence-electron chi connectivity index (χ0n) is 24.0. The Morgan fingerprint density at radius 1 is 0.900 bits per heavy atom. The van der Waals surface area contributed by atoms with E-state index in [9.17, 15) is 9.90 Å². The summed E-state index contributed by atoms with van der Waals surface area (Å²) >= 11 is 1.81. The minimum atomic E-state index is -0.615. The number of aromatic nitrogens is 1. The first-order chi connectivity index (χ1) is 19.6. The molecule has 1 saturated carbocycles. The Hall–Kier alpha value is -2.54. The van der Waals surface area contributed by atoms with E-state index in [1.54, 1.807) is 0 Å². The molecule has 2 atom stereocenters. The highest BCUT2D eigenvalue weighted by Gasteiger charge is 2.38. The maximum absolute atomic E-state index is 11.8.